The quantitative estimate of drug-likeness (QED) is 0.469. The van der Waals surface area contributed by atoms with Crippen LogP contribution in [0, 0.1) is 0 Å². The number of sulfone groups is 1. The minimum atomic E-state index is -5.06. The first-order chi connectivity index (χ1) is 17.8. The summed E-state index contributed by atoms with van der Waals surface area (Å²) in [6.45, 7) is 0.222. The van der Waals surface area contributed by atoms with Crippen LogP contribution in [0.3, 0.4) is 0 Å². The van der Waals surface area contributed by atoms with E-state index in [4.69, 9.17) is 0 Å². The largest absolute Gasteiger partial charge is 0.417 e. The standard InChI is InChI=1S/C24H22F3N3O6S2/c25-24(26,27)20-8-7-19(37(33,34)18-4-2-1-3-5-18)14-21(20)38(35,36)29-17-10-12-30(13-11-17)23(32)16-6-9-22(31)28-15-16/h1-9,14-15,17,29H,10-13H2,(H,28,31). The van der Waals surface area contributed by atoms with E-state index in [1.165, 1.54) is 47.5 Å². The highest BCUT2D eigenvalue weighted by atomic mass is 32.2. The molecule has 1 amide bonds. The number of aromatic amines is 1. The molecule has 0 unspecified atom stereocenters. The fourth-order valence-electron chi connectivity index (χ4n) is 4.07. The van der Waals surface area contributed by atoms with Crippen molar-refractivity contribution in [2.24, 2.45) is 0 Å². The minimum Gasteiger partial charge on any atom is -0.338 e. The van der Waals surface area contributed by atoms with Crippen LogP contribution in [0.1, 0.15) is 28.8 Å². The second-order valence-corrected chi connectivity index (χ2v) is 12.2. The molecule has 0 radical (unpaired) electrons. The first-order valence-corrected chi connectivity index (χ1v) is 14.3. The van der Waals surface area contributed by atoms with Crippen molar-refractivity contribution in [3.05, 3.63) is 88.3 Å². The van der Waals surface area contributed by atoms with Crippen LogP contribution in [0.5, 0.6) is 0 Å². The number of H-pyrrole nitrogens is 1. The normalized spacial score (nSPS) is 15.4. The summed E-state index contributed by atoms with van der Waals surface area (Å²) in [5.74, 6) is -0.388. The van der Waals surface area contributed by atoms with Gasteiger partial charge in [0, 0.05) is 31.4 Å². The lowest BCUT2D eigenvalue weighted by Crippen LogP contribution is -2.46. The molecule has 3 aromatic rings. The number of pyridine rings is 1. The lowest BCUT2D eigenvalue weighted by atomic mass is 10.1. The van der Waals surface area contributed by atoms with E-state index in [0.717, 1.165) is 6.07 Å². The number of hydrogen-bond donors (Lipinski definition) is 2. The number of nitrogens with zero attached hydrogens (tertiary/aromatic N) is 1. The molecule has 2 heterocycles. The van der Waals surface area contributed by atoms with E-state index < -0.39 is 47.4 Å². The summed E-state index contributed by atoms with van der Waals surface area (Å²) in [6.07, 6.45) is -3.59. The molecule has 0 bridgehead atoms. The van der Waals surface area contributed by atoms with Gasteiger partial charge >= 0.3 is 6.18 Å². The number of nitrogens with one attached hydrogen (secondary N) is 2. The minimum absolute atomic E-state index is 0.109. The molecule has 1 aliphatic heterocycles. The van der Waals surface area contributed by atoms with E-state index >= 15 is 0 Å². The number of rotatable bonds is 6. The topological polar surface area (TPSA) is 133 Å². The molecule has 2 N–H and O–H groups in total. The third-order valence-corrected chi connectivity index (χ3v) is 9.37. The van der Waals surface area contributed by atoms with E-state index in [1.54, 1.807) is 6.07 Å². The maximum absolute atomic E-state index is 13.7. The number of hydrogen-bond acceptors (Lipinski definition) is 6. The summed E-state index contributed by atoms with van der Waals surface area (Å²) in [5, 5.41) is 0. The Morgan fingerprint density at radius 2 is 1.58 bits per heavy atom. The second-order valence-electron chi connectivity index (χ2n) is 8.60. The predicted octanol–water partition coefficient (Wildman–Crippen LogP) is 2.81. The van der Waals surface area contributed by atoms with Crippen LogP contribution in [-0.4, -0.2) is 51.8 Å². The Labute approximate surface area is 216 Å². The summed E-state index contributed by atoms with van der Waals surface area (Å²) < 4.78 is 95.6. The molecule has 202 valence electrons. The van der Waals surface area contributed by atoms with Crippen molar-refractivity contribution in [3.63, 3.8) is 0 Å². The Morgan fingerprint density at radius 1 is 0.921 bits per heavy atom. The lowest BCUT2D eigenvalue weighted by Gasteiger charge is -2.32. The smallest absolute Gasteiger partial charge is 0.338 e. The van der Waals surface area contributed by atoms with Gasteiger partial charge in [-0.3, -0.25) is 9.59 Å². The fourth-order valence-corrected chi connectivity index (χ4v) is 7.01. The van der Waals surface area contributed by atoms with Crippen molar-refractivity contribution < 1.29 is 34.8 Å². The Balaban J connectivity index is 1.57. The highest BCUT2D eigenvalue weighted by molar-refractivity contribution is 7.91. The van der Waals surface area contributed by atoms with E-state index in [9.17, 15) is 39.6 Å². The number of benzene rings is 2. The van der Waals surface area contributed by atoms with Crippen molar-refractivity contribution in [2.45, 2.75) is 39.7 Å². The van der Waals surface area contributed by atoms with Crippen molar-refractivity contribution in [1.29, 1.82) is 0 Å². The molecular weight excluding hydrogens is 547 g/mol. The lowest BCUT2D eigenvalue weighted by molar-refractivity contribution is -0.139. The van der Waals surface area contributed by atoms with Crippen LogP contribution >= 0.6 is 0 Å². The van der Waals surface area contributed by atoms with E-state index in [1.807, 2.05) is 0 Å². The van der Waals surface area contributed by atoms with Gasteiger partial charge in [0.05, 0.1) is 25.8 Å². The van der Waals surface area contributed by atoms with Crippen molar-refractivity contribution in [3.8, 4) is 0 Å². The van der Waals surface area contributed by atoms with Crippen LogP contribution in [-0.2, 0) is 26.0 Å². The molecule has 14 heteroatoms. The number of amides is 1. The number of likely N-dealkylation sites (tertiary alicyclic amines) is 1. The molecule has 1 aromatic heterocycles. The summed E-state index contributed by atoms with van der Waals surface area (Å²) in [5.41, 5.74) is -1.65. The molecule has 0 aliphatic carbocycles. The second kappa shape index (κ2) is 10.3. The molecule has 0 spiro atoms. The monoisotopic (exact) mass is 569 g/mol. The average molecular weight is 570 g/mol. The molecule has 1 fully saturated rings. The number of carbonyl (C=O) groups excluding carboxylic acids is 1. The number of halogens is 3. The number of aromatic nitrogens is 1. The molecule has 2 aromatic carbocycles. The Bertz CT molecular complexity index is 1590. The molecule has 38 heavy (non-hydrogen) atoms. The first kappa shape index (κ1) is 27.5. The zero-order valence-corrected chi connectivity index (χ0v) is 21.2. The van der Waals surface area contributed by atoms with E-state index in [-0.39, 0.29) is 47.9 Å². The Morgan fingerprint density at radius 3 is 2.16 bits per heavy atom. The van der Waals surface area contributed by atoms with Gasteiger partial charge in [0.1, 0.15) is 0 Å². The highest BCUT2D eigenvalue weighted by Crippen LogP contribution is 2.36. The van der Waals surface area contributed by atoms with Crippen LogP contribution in [0.2, 0.25) is 0 Å². The molecule has 1 saturated heterocycles. The SMILES string of the molecule is O=C(c1ccc(=O)[nH]c1)N1CCC(NS(=O)(=O)c2cc(S(=O)(=O)c3ccccc3)ccc2C(F)(F)F)CC1. The van der Waals surface area contributed by atoms with Gasteiger partial charge in [-0.15, -0.1) is 0 Å². The van der Waals surface area contributed by atoms with Gasteiger partial charge in [-0.2, -0.15) is 13.2 Å². The van der Waals surface area contributed by atoms with Crippen LogP contribution in [0.4, 0.5) is 13.2 Å². The van der Waals surface area contributed by atoms with E-state index in [2.05, 4.69) is 9.71 Å². The molecule has 1 aliphatic rings. The van der Waals surface area contributed by atoms with Crippen molar-refractivity contribution in [1.82, 2.24) is 14.6 Å². The summed E-state index contributed by atoms with van der Waals surface area (Å²) in [4.78, 5) is 25.6. The maximum atomic E-state index is 13.7. The zero-order valence-electron chi connectivity index (χ0n) is 19.6. The molecule has 0 saturated carbocycles. The molecule has 4 rings (SSSR count). The van der Waals surface area contributed by atoms with Gasteiger partial charge in [-0.25, -0.2) is 21.6 Å². The van der Waals surface area contributed by atoms with E-state index in [0.29, 0.717) is 12.1 Å². The fraction of sp³-hybridized carbons (Fsp3) is 0.250. The van der Waals surface area contributed by atoms with Crippen LogP contribution < -0.4 is 10.3 Å². The number of carbonyl (C=O) groups is 1. The van der Waals surface area contributed by atoms with Crippen molar-refractivity contribution in [2.75, 3.05) is 13.1 Å². The van der Waals surface area contributed by atoms with Gasteiger partial charge in [0.15, 0.2) is 0 Å². The van der Waals surface area contributed by atoms with Crippen molar-refractivity contribution >= 4 is 25.8 Å². The van der Waals surface area contributed by atoms with Crippen LogP contribution in [0.25, 0.3) is 0 Å². The summed E-state index contributed by atoms with van der Waals surface area (Å²) in [6, 6.07) is 10.4. The summed E-state index contributed by atoms with van der Waals surface area (Å²) in [7, 11) is -9.10. The highest BCUT2D eigenvalue weighted by Gasteiger charge is 2.39. The van der Waals surface area contributed by atoms with Gasteiger partial charge in [-0.05, 0) is 49.2 Å². The summed E-state index contributed by atoms with van der Waals surface area (Å²) >= 11 is 0. The average Bonchev–Trinajstić information content (AvgIpc) is 2.88. The molecular formula is C24H22F3N3O6S2. The zero-order chi connectivity index (χ0) is 27.7. The number of alkyl halides is 3. The van der Waals surface area contributed by atoms with Gasteiger partial charge in [0.2, 0.25) is 25.4 Å². The molecule has 0 atom stereocenters. The number of sulfonamides is 1. The number of piperidine rings is 1. The Kier molecular flexibility index (Phi) is 7.50. The first-order valence-electron chi connectivity index (χ1n) is 11.3. The third-order valence-electron chi connectivity index (χ3n) is 6.05. The maximum Gasteiger partial charge on any atom is 0.417 e. The van der Waals surface area contributed by atoms with Crippen LogP contribution in [0.15, 0.2) is 86.3 Å². The molecule has 9 nitrogen and oxygen atoms in total. The van der Waals surface area contributed by atoms with Gasteiger partial charge < -0.3 is 9.88 Å². The predicted molar refractivity (Wildman–Crippen MR) is 130 cm³/mol. The van der Waals surface area contributed by atoms with Gasteiger partial charge in [0.25, 0.3) is 5.91 Å². The van der Waals surface area contributed by atoms with Gasteiger partial charge in [-0.1, -0.05) is 18.2 Å². The Hall–Kier alpha value is -3.49. The third kappa shape index (κ3) is 5.81.